The number of hydrogen-bond acceptors (Lipinski definition) is 4. The Morgan fingerprint density at radius 3 is 2.76 bits per heavy atom. The fraction of sp³-hybridized carbons (Fsp3) is 0.353. The molecule has 1 heterocycles. The van der Waals surface area contributed by atoms with Crippen LogP contribution in [0.3, 0.4) is 0 Å². The summed E-state index contributed by atoms with van der Waals surface area (Å²) in [6, 6.07) is 10.3. The Hall–Kier alpha value is -1.52. The third-order valence-corrected chi connectivity index (χ3v) is 4.16. The van der Waals surface area contributed by atoms with E-state index in [1.54, 1.807) is 11.8 Å². The summed E-state index contributed by atoms with van der Waals surface area (Å²) < 4.78 is 5.95. The highest BCUT2D eigenvalue weighted by atomic mass is 32.2. The van der Waals surface area contributed by atoms with E-state index in [1.165, 1.54) is 0 Å². The van der Waals surface area contributed by atoms with Crippen LogP contribution in [-0.4, -0.2) is 17.3 Å². The van der Waals surface area contributed by atoms with Gasteiger partial charge in [-0.2, -0.15) is 0 Å². The predicted molar refractivity (Wildman–Crippen MR) is 89.2 cm³/mol. The number of thioether (sulfide) groups is 1. The van der Waals surface area contributed by atoms with Crippen LogP contribution in [0.5, 0.6) is 11.6 Å². The van der Waals surface area contributed by atoms with E-state index in [2.05, 4.69) is 18.0 Å². The molecule has 2 N–H and O–H groups in total. The average molecular weight is 302 g/mol. The number of nitrogens with two attached hydrogens (primary N) is 1. The lowest BCUT2D eigenvalue weighted by Gasteiger charge is -2.13. The molecule has 3 nitrogen and oxygen atoms in total. The van der Waals surface area contributed by atoms with Gasteiger partial charge in [0.2, 0.25) is 5.88 Å². The molecule has 2 rings (SSSR count). The van der Waals surface area contributed by atoms with E-state index in [0.717, 1.165) is 34.6 Å². The fourth-order valence-corrected chi connectivity index (χ4v) is 2.62. The van der Waals surface area contributed by atoms with E-state index in [0.29, 0.717) is 5.88 Å². The Morgan fingerprint density at radius 1 is 1.33 bits per heavy atom. The second kappa shape index (κ2) is 7.48. The van der Waals surface area contributed by atoms with Crippen LogP contribution in [0.4, 0.5) is 0 Å². The molecule has 0 saturated heterocycles. The third kappa shape index (κ3) is 4.22. The minimum absolute atomic E-state index is 0.190. The third-order valence-electron chi connectivity index (χ3n) is 3.38. The highest BCUT2D eigenvalue weighted by Gasteiger charge is 2.09. The van der Waals surface area contributed by atoms with E-state index in [1.807, 2.05) is 43.6 Å². The Kier molecular flexibility index (Phi) is 5.65. The molecule has 0 aliphatic rings. The van der Waals surface area contributed by atoms with Gasteiger partial charge in [-0.3, -0.25) is 0 Å². The van der Waals surface area contributed by atoms with Crippen molar-refractivity contribution in [3.63, 3.8) is 0 Å². The van der Waals surface area contributed by atoms with Gasteiger partial charge in [0, 0.05) is 22.7 Å². The molecule has 0 fully saturated rings. The zero-order valence-electron chi connectivity index (χ0n) is 12.8. The van der Waals surface area contributed by atoms with E-state index >= 15 is 0 Å². The molecule has 1 aromatic heterocycles. The highest BCUT2D eigenvalue weighted by Crippen LogP contribution is 2.31. The number of benzene rings is 1. The van der Waals surface area contributed by atoms with Crippen LogP contribution in [0.25, 0.3) is 0 Å². The number of ether oxygens (including phenoxy) is 1. The lowest BCUT2D eigenvalue weighted by Crippen LogP contribution is -2.21. The van der Waals surface area contributed by atoms with Crippen LogP contribution < -0.4 is 10.5 Å². The van der Waals surface area contributed by atoms with Crippen LogP contribution in [0.1, 0.15) is 24.5 Å². The van der Waals surface area contributed by atoms with Crippen molar-refractivity contribution in [1.82, 2.24) is 4.98 Å². The van der Waals surface area contributed by atoms with Gasteiger partial charge in [-0.25, -0.2) is 4.98 Å². The van der Waals surface area contributed by atoms with Crippen molar-refractivity contribution in [2.45, 2.75) is 37.6 Å². The molecule has 1 aromatic carbocycles. The van der Waals surface area contributed by atoms with Crippen molar-refractivity contribution in [2.75, 3.05) is 6.26 Å². The number of hydrogen-bond donors (Lipinski definition) is 1. The van der Waals surface area contributed by atoms with Gasteiger partial charge in [0.1, 0.15) is 5.75 Å². The number of aryl methyl sites for hydroxylation is 1. The predicted octanol–water partition coefficient (Wildman–Crippen LogP) is 4.18. The number of para-hydroxylation sites is 1. The molecule has 112 valence electrons. The molecule has 0 bridgehead atoms. The van der Waals surface area contributed by atoms with Gasteiger partial charge in [0.05, 0.1) is 0 Å². The number of pyridine rings is 1. The molecule has 1 atom stereocenters. The first-order chi connectivity index (χ1) is 10.1. The topological polar surface area (TPSA) is 48.1 Å². The zero-order chi connectivity index (χ0) is 15.2. The van der Waals surface area contributed by atoms with E-state index in [-0.39, 0.29) is 6.04 Å². The normalized spacial score (nSPS) is 12.2. The molecule has 0 amide bonds. The van der Waals surface area contributed by atoms with E-state index < -0.39 is 0 Å². The Bertz CT molecular complexity index is 601. The summed E-state index contributed by atoms with van der Waals surface area (Å²) in [7, 11) is 0. The Morgan fingerprint density at radius 2 is 2.10 bits per heavy atom. The minimum atomic E-state index is 0.190. The standard InChI is InChI=1S/C17H22N2OS/c1-4-14(18)10-13-9-12(2)17(19-11-13)20-15-7-5-6-8-16(15)21-3/h5-9,11,14H,4,10,18H2,1-3H3. The van der Waals surface area contributed by atoms with Crippen LogP contribution >= 0.6 is 11.8 Å². The van der Waals surface area contributed by atoms with Gasteiger partial charge in [-0.15, -0.1) is 11.8 Å². The molecule has 0 radical (unpaired) electrons. The molecular weight excluding hydrogens is 280 g/mol. The Labute approximate surface area is 130 Å². The largest absolute Gasteiger partial charge is 0.438 e. The first kappa shape index (κ1) is 15.9. The molecule has 0 saturated carbocycles. The van der Waals surface area contributed by atoms with Crippen molar-refractivity contribution in [1.29, 1.82) is 0 Å². The Balaban J connectivity index is 2.17. The van der Waals surface area contributed by atoms with Gasteiger partial charge < -0.3 is 10.5 Å². The first-order valence-electron chi connectivity index (χ1n) is 7.16. The number of aromatic nitrogens is 1. The van der Waals surface area contributed by atoms with E-state index in [9.17, 15) is 0 Å². The average Bonchev–Trinajstić information content (AvgIpc) is 2.50. The molecular formula is C17H22N2OS. The molecule has 21 heavy (non-hydrogen) atoms. The summed E-state index contributed by atoms with van der Waals surface area (Å²) in [5.41, 5.74) is 8.19. The number of rotatable bonds is 6. The molecule has 0 aliphatic heterocycles. The molecule has 4 heteroatoms. The smallest absolute Gasteiger partial charge is 0.222 e. The lowest BCUT2D eigenvalue weighted by atomic mass is 10.1. The maximum atomic E-state index is 5.99. The second-order valence-electron chi connectivity index (χ2n) is 5.09. The SMILES string of the molecule is CCC(N)Cc1cnc(Oc2ccccc2SC)c(C)c1. The fourth-order valence-electron chi connectivity index (χ4n) is 2.09. The maximum Gasteiger partial charge on any atom is 0.222 e. The van der Waals surface area contributed by atoms with Crippen molar-refractivity contribution in [3.05, 3.63) is 47.7 Å². The minimum Gasteiger partial charge on any atom is -0.438 e. The summed E-state index contributed by atoms with van der Waals surface area (Å²) in [6.07, 6.45) is 5.72. The van der Waals surface area contributed by atoms with Crippen LogP contribution in [0.15, 0.2) is 41.4 Å². The molecule has 0 aliphatic carbocycles. The highest BCUT2D eigenvalue weighted by molar-refractivity contribution is 7.98. The maximum absolute atomic E-state index is 5.99. The molecule has 1 unspecified atom stereocenters. The number of nitrogens with zero attached hydrogens (tertiary/aromatic N) is 1. The van der Waals surface area contributed by atoms with Gasteiger partial charge in [0.25, 0.3) is 0 Å². The van der Waals surface area contributed by atoms with Gasteiger partial charge in [0.15, 0.2) is 0 Å². The summed E-state index contributed by atoms with van der Waals surface area (Å²) in [5.74, 6) is 1.50. The molecule has 0 spiro atoms. The van der Waals surface area contributed by atoms with Crippen molar-refractivity contribution < 1.29 is 4.74 Å². The van der Waals surface area contributed by atoms with Crippen molar-refractivity contribution >= 4 is 11.8 Å². The lowest BCUT2D eigenvalue weighted by molar-refractivity contribution is 0.447. The van der Waals surface area contributed by atoms with Gasteiger partial charge in [-0.05, 0) is 49.8 Å². The van der Waals surface area contributed by atoms with Crippen LogP contribution in [-0.2, 0) is 6.42 Å². The zero-order valence-corrected chi connectivity index (χ0v) is 13.6. The quantitative estimate of drug-likeness (QED) is 0.813. The summed E-state index contributed by atoms with van der Waals surface area (Å²) in [6.45, 7) is 4.12. The van der Waals surface area contributed by atoms with Crippen molar-refractivity contribution in [2.24, 2.45) is 5.73 Å². The van der Waals surface area contributed by atoms with Crippen LogP contribution in [0, 0.1) is 6.92 Å². The molecule has 2 aromatic rings. The van der Waals surface area contributed by atoms with Crippen LogP contribution in [0.2, 0.25) is 0 Å². The summed E-state index contributed by atoms with van der Waals surface area (Å²) in [4.78, 5) is 5.56. The first-order valence-corrected chi connectivity index (χ1v) is 8.38. The second-order valence-corrected chi connectivity index (χ2v) is 5.94. The van der Waals surface area contributed by atoms with Crippen molar-refractivity contribution in [3.8, 4) is 11.6 Å². The van der Waals surface area contributed by atoms with Gasteiger partial charge >= 0.3 is 0 Å². The van der Waals surface area contributed by atoms with Gasteiger partial charge in [-0.1, -0.05) is 19.1 Å². The summed E-state index contributed by atoms with van der Waals surface area (Å²) >= 11 is 1.67. The monoisotopic (exact) mass is 302 g/mol. The van der Waals surface area contributed by atoms with E-state index in [4.69, 9.17) is 10.5 Å². The summed E-state index contributed by atoms with van der Waals surface area (Å²) in [5, 5.41) is 0.